The molecule has 2 nitrogen and oxygen atoms in total. The molecule has 0 radical (unpaired) electrons. The maximum Gasteiger partial charge on any atom is 0.308 e. The molecule has 3 heteroatoms. The van der Waals surface area contributed by atoms with Gasteiger partial charge in [-0.3, -0.25) is 4.79 Å². The number of carbonyl (C=O) groups excluding carboxylic acids is 1. The Morgan fingerprint density at radius 2 is 2.08 bits per heavy atom. The lowest BCUT2D eigenvalue weighted by Crippen LogP contribution is -2.22. The number of rotatable bonds is 3. The third-order valence-electron chi connectivity index (χ3n) is 2.49. The molecule has 0 amide bonds. The third kappa shape index (κ3) is 2.09. The standard InChI is InChI=1S/C9H18O2Si/c1-5-11-9(10)7-6-8(7)12(2,3)4/h7-8H,5-6H2,1-4H3/t7-,8+/m0/s1. The number of carbonyl (C=O) groups is 1. The second-order valence-electron chi connectivity index (χ2n) is 4.57. The minimum Gasteiger partial charge on any atom is -0.466 e. The summed E-state index contributed by atoms with van der Waals surface area (Å²) in [7, 11) is -1.08. The average Bonchev–Trinajstić information content (AvgIpc) is 2.62. The molecule has 0 unspecified atom stereocenters. The van der Waals surface area contributed by atoms with Crippen LogP contribution in [0.2, 0.25) is 25.2 Å². The van der Waals surface area contributed by atoms with Crippen LogP contribution in [0.3, 0.4) is 0 Å². The number of ether oxygens (including phenoxy) is 1. The second kappa shape index (κ2) is 3.21. The lowest BCUT2D eigenvalue weighted by molar-refractivity contribution is -0.144. The largest absolute Gasteiger partial charge is 0.466 e. The highest BCUT2D eigenvalue weighted by Gasteiger charge is 2.51. The first-order chi connectivity index (χ1) is 5.46. The molecule has 1 aliphatic carbocycles. The van der Waals surface area contributed by atoms with Crippen LogP contribution in [-0.4, -0.2) is 20.7 Å². The van der Waals surface area contributed by atoms with Gasteiger partial charge in [-0.05, 0) is 18.9 Å². The van der Waals surface area contributed by atoms with Gasteiger partial charge >= 0.3 is 5.97 Å². The van der Waals surface area contributed by atoms with E-state index in [9.17, 15) is 4.79 Å². The van der Waals surface area contributed by atoms with Crippen molar-refractivity contribution in [3.63, 3.8) is 0 Å². The fourth-order valence-electron chi connectivity index (χ4n) is 1.66. The molecule has 1 saturated carbocycles. The van der Waals surface area contributed by atoms with E-state index >= 15 is 0 Å². The van der Waals surface area contributed by atoms with Gasteiger partial charge in [-0.15, -0.1) is 0 Å². The van der Waals surface area contributed by atoms with Crippen molar-refractivity contribution in [2.45, 2.75) is 38.5 Å². The summed E-state index contributed by atoms with van der Waals surface area (Å²) >= 11 is 0. The van der Waals surface area contributed by atoms with Crippen molar-refractivity contribution < 1.29 is 9.53 Å². The van der Waals surface area contributed by atoms with E-state index in [2.05, 4.69) is 19.6 Å². The fraction of sp³-hybridized carbons (Fsp3) is 0.889. The molecule has 2 atom stereocenters. The normalized spacial score (nSPS) is 28.3. The summed E-state index contributed by atoms with van der Waals surface area (Å²) in [6.07, 6.45) is 1.08. The zero-order valence-electron chi connectivity index (χ0n) is 8.39. The van der Waals surface area contributed by atoms with Crippen LogP contribution < -0.4 is 0 Å². The highest BCUT2D eigenvalue weighted by Crippen LogP contribution is 2.52. The highest BCUT2D eigenvalue weighted by atomic mass is 28.3. The molecule has 1 aliphatic rings. The Morgan fingerprint density at radius 1 is 1.50 bits per heavy atom. The predicted octanol–water partition coefficient (Wildman–Crippen LogP) is 2.28. The Labute approximate surface area is 75.3 Å². The van der Waals surface area contributed by atoms with Gasteiger partial charge in [0.15, 0.2) is 0 Å². The Bertz CT molecular complexity index is 183. The SMILES string of the molecule is CCOC(=O)[C@H]1C[C@H]1[Si](C)(C)C. The zero-order valence-corrected chi connectivity index (χ0v) is 9.39. The molecule has 0 aliphatic heterocycles. The van der Waals surface area contributed by atoms with E-state index in [0.29, 0.717) is 12.1 Å². The zero-order chi connectivity index (χ0) is 9.35. The van der Waals surface area contributed by atoms with Crippen LogP contribution in [0.15, 0.2) is 0 Å². The van der Waals surface area contributed by atoms with Gasteiger partial charge in [0.2, 0.25) is 0 Å². The number of esters is 1. The van der Waals surface area contributed by atoms with E-state index in [-0.39, 0.29) is 11.9 Å². The summed E-state index contributed by atoms with van der Waals surface area (Å²) in [4.78, 5) is 11.3. The summed E-state index contributed by atoms with van der Waals surface area (Å²) in [6, 6.07) is 0. The van der Waals surface area contributed by atoms with Crippen molar-refractivity contribution >= 4 is 14.0 Å². The fourth-order valence-corrected chi connectivity index (χ4v) is 3.97. The monoisotopic (exact) mass is 186 g/mol. The summed E-state index contributed by atoms with van der Waals surface area (Å²) < 4.78 is 4.97. The molecule has 0 spiro atoms. The topological polar surface area (TPSA) is 26.3 Å². The van der Waals surface area contributed by atoms with E-state index in [4.69, 9.17) is 4.74 Å². The molecule has 0 heterocycles. The second-order valence-corrected chi connectivity index (χ2v) is 10.0. The highest BCUT2D eigenvalue weighted by molar-refractivity contribution is 6.78. The van der Waals surface area contributed by atoms with Gasteiger partial charge in [-0.2, -0.15) is 0 Å². The van der Waals surface area contributed by atoms with Crippen LogP contribution in [0.1, 0.15) is 13.3 Å². The van der Waals surface area contributed by atoms with Crippen molar-refractivity contribution in [3.8, 4) is 0 Å². The Kier molecular flexibility index (Phi) is 2.61. The van der Waals surface area contributed by atoms with E-state index in [1.54, 1.807) is 0 Å². The van der Waals surface area contributed by atoms with Gasteiger partial charge in [-0.1, -0.05) is 19.6 Å². The van der Waals surface area contributed by atoms with Crippen LogP contribution >= 0.6 is 0 Å². The predicted molar refractivity (Wildman–Crippen MR) is 51.8 cm³/mol. The van der Waals surface area contributed by atoms with Gasteiger partial charge in [0, 0.05) is 8.07 Å². The van der Waals surface area contributed by atoms with Crippen molar-refractivity contribution in [3.05, 3.63) is 0 Å². The molecular formula is C9H18O2Si. The molecule has 0 saturated heterocycles. The number of hydrogen-bond acceptors (Lipinski definition) is 2. The van der Waals surface area contributed by atoms with Gasteiger partial charge in [-0.25, -0.2) is 0 Å². The lowest BCUT2D eigenvalue weighted by atomic mass is 10.4. The van der Waals surface area contributed by atoms with Crippen molar-refractivity contribution in [1.82, 2.24) is 0 Å². The Balaban J connectivity index is 2.37. The van der Waals surface area contributed by atoms with E-state index < -0.39 is 8.07 Å². The summed E-state index contributed by atoms with van der Waals surface area (Å²) in [6.45, 7) is 9.34. The molecule has 70 valence electrons. The molecular weight excluding hydrogens is 168 g/mol. The summed E-state index contributed by atoms with van der Waals surface area (Å²) in [5.41, 5.74) is 0.677. The molecule has 0 aromatic rings. The lowest BCUT2D eigenvalue weighted by Gasteiger charge is -2.14. The van der Waals surface area contributed by atoms with Crippen molar-refractivity contribution in [2.75, 3.05) is 6.61 Å². The smallest absolute Gasteiger partial charge is 0.308 e. The minimum atomic E-state index is -1.08. The Morgan fingerprint density at radius 3 is 2.42 bits per heavy atom. The van der Waals surface area contributed by atoms with E-state index in [1.807, 2.05) is 6.92 Å². The van der Waals surface area contributed by atoms with Gasteiger partial charge in [0.1, 0.15) is 0 Å². The van der Waals surface area contributed by atoms with Crippen LogP contribution in [0.25, 0.3) is 0 Å². The quantitative estimate of drug-likeness (QED) is 0.499. The van der Waals surface area contributed by atoms with Crippen LogP contribution in [0.5, 0.6) is 0 Å². The van der Waals surface area contributed by atoms with Crippen molar-refractivity contribution in [2.24, 2.45) is 5.92 Å². The number of hydrogen-bond donors (Lipinski definition) is 0. The minimum absolute atomic E-state index is 0.0323. The molecule has 0 aromatic heterocycles. The molecule has 12 heavy (non-hydrogen) atoms. The first-order valence-corrected chi connectivity index (χ1v) is 8.21. The molecule has 1 rings (SSSR count). The molecule has 0 N–H and O–H groups in total. The van der Waals surface area contributed by atoms with Gasteiger partial charge in [0.25, 0.3) is 0 Å². The van der Waals surface area contributed by atoms with Crippen LogP contribution in [-0.2, 0) is 9.53 Å². The van der Waals surface area contributed by atoms with Gasteiger partial charge in [0.05, 0.1) is 12.5 Å². The van der Waals surface area contributed by atoms with Crippen molar-refractivity contribution in [1.29, 1.82) is 0 Å². The first kappa shape index (κ1) is 9.77. The van der Waals surface area contributed by atoms with Crippen LogP contribution in [0.4, 0.5) is 0 Å². The summed E-state index contributed by atoms with van der Waals surface area (Å²) in [5.74, 6) is 0.279. The Hall–Kier alpha value is -0.313. The van der Waals surface area contributed by atoms with E-state index in [0.717, 1.165) is 6.42 Å². The van der Waals surface area contributed by atoms with E-state index in [1.165, 1.54) is 0 Å². The summed E-state index contributed by atoms with van der Waals surface area (Å²) in [5, 5.41) is 0. The van der Waals surface area contributed by atoms with Gasteiger partial charge < -0.3 is 4.74 Å². The maximum absolute atomic E-state index is 11.3. The maximum atomic E-state index is 11.3. The molecule has 1 fully saturated rings. The van der Waals surface area contributed by atoms with Crippen LogP contribution in [0, 0.1) is 5.92 Å². The first-order valence-electron chi connectivity index (χ1n) is 4.63. The average molecular weight is 186 g/mol. The molecule has 0 bridgehead atoms. The third-order valence-corrected chi connectivity index (χ3v) is 5.35. The molecule has 0 aromatic carbocycles.